The number of aliphatic hydroxyl groups is 1. The van der Waals surface area contributed by atoms with Gasteiger partial charge in [0, 0.05) is 43.3 Å². The Bertz CT molecular complexity index is 1330. The molecule has 1 amide bonds. The molecule has 190 valence electrons. The average Bonchev–Trinajstić information content (AvgIpc) is 3.19. The summed E-state index contributed by atoms with van der Waals surface area (Å²) in [6, 6.07) is 16.9. The van der Waals surface area contributed by atoms with E-state index >= 15 is 0 Å². The highest BCUT2D eigenvalue weighted by Gasteiger charge is 2.46. The maximum Gasteiger partial charge on any atom is 0.295 e. The molecule has 37 heavy (non-hydrogen) atoms. The normalized spacial score (nSPS) is 18.6. The Labute approximate surface area is 218 Å². The van der Waals surface area contributed by atoms with E-state index in [1.165, 1.54) is 17.5 Å². The lowest BCUT2D eigenvalue weighted by Gasteiger charge is -2.27. The summed E-state index contributed by atoms with van der Waals surface area (Å²) in [6.45, 7) is 6.21. The summed E-state index contributed by atoms with van der Waals surface area (Å²) >= 11 is 0. The molecule has 6 nitrogen and oxygen atoms in total. The first-order valence-electron chi connectivity index (χ1n) is 13.2. The monoisotopic (exact) mass is 495 g/mol. The minimum atomic E-state index is -0.693. The molecule has 1 fully saturated rings. The van der Waals surface area contributed by atoms with Crippen molar-refractivity contribution in [2.75, 3.05) is 18.0 Å². The van der Waals surface area contributed by atoms with Crippen LogP contribution in [0.15, 0.2) is 72.6 Å². The number of amides is 1. The third kappa shape index (κ3) is 4.76. The first-order chi connectivity index (χ1) is 18.0. The Balaban J connectivity index is 1.61. The number of hydrogen-bond acceptors (Lipinski definition) is 5. The standard InChI is InChI=1S/C31H33N3O3/c1-3-33(4-2)26-15-13-23(14-16-26)28-27(29(35)25-12-11-22-9-5-6-10-24(22)18-25)30(36)31(37)34(28)20-21-8-7-17-32-19-21/h7-8,11-19,28,35H,3-6,9-10,20H2,1-2H3/b29-27-. The van der Waals surface area contributed by atoms with Crippen LogP contribution in [0, 0.1) is 0 Å². The highest BCUT2D eigenvalue weighted by molar-refractivity contribution is 6.46. The molecule has 1 atom stereocenters. The number of rotatable bonds is 7. The third-order valence-corrected chi connectivity index (χ3v) is 7.58. The van der Waals surface area contributed by atoms with E-state index < -0.39 is 17.7 Å². The Morgan fingerprint density at radius 3 is 2.41 bits per heavy atom. The summed E-state index contributed by atoms with van der Waals surface area (Å²) in [5.74, 6) is -1.38. The van der Waals surface area contributed by atoms with Crippen LogP contribution in [0.1, 0.15) is 60.5 Å². The number of carbonyl (C=O) groups is 2. The molecule has 1 saturated heterocycles. The van der Waals surface area contributed by atoms with Crippen LogP contribution in [0.5, 0.6) is 0 Å². The van der Waals surface area contributed by atoms with Gasteiger partial charge in [0.05, 0.1) is 11.6 Å². The summed E-state index contributed by atoms with van der Waals surface area (Å²) in [5.41, 5.74) is 5.92. The highest BCUT2D eigenvalue weighted by Crippen LogP contribution is 2.41. The molecule has 2 heterocycles. The molecule has 1 aromatic heterocycles. The van der Waals surface area contributed by atoms with Gasteiger partial charge in [0.15, 0.2) is 0 Å². The largest absolute Gasteiger partial charge is 0.507 e. The van der Waals surface area contributed by atoms with Crippen molar-refractivity contribution in [2.24, 2.45) is 0 Å². The van der Waals surface area contributed by atoms with Gasteiger partial charge in [-0.3, -0.25) is 14.6 Å². The second-order valence-electron chi connectivity index (χ2n) is 9.74. The summed E-state index contributed by atoms with van der Waals surface area (Å²) in [4.78, 5) is 34.7. The number of aliphatic hydroxyl groups excluding tert-OH is 1. The van der Waals surface area contributed by atoms with E-state index in [1.807, 2.05) is 54.6 Å². The Hall–Kier alpha value is -3.93. The van der Waals surface area contributed by atoms with E-state index in [0.29, 0.717) is 5.56 Å². The Morgan fingerprint density at radius 2 is 1.73 bits per heavy atom. The molecule has 2 aliphatic rings. The van der Waals surface area contributed by atoms with Gasteiger partial charge in [-0.25, -0.2) is 0 Å². The third-order valence-electron chi connectivity index (χ3n) is 7.58. The fourth-order valence-corrected chi connectivity index (χ4v) is 5.57. The van der Waals surface area contributed by atoms with E-state index in [1.54, 1.807) is 17.3 Å². The molecular weight excluding hydrogens is 462 g/mol. The maximum atomic E-state index is 13.4. The number of ketones is 1. The van der Waals surface area contributed by atoms with E-state index in [-0.39, 0.29) is 17.9 Å². The van der Waals surface area contributed by atoms with Crippen LogP contribution in [0.4, 0.5) is 5.69 Å². The van der Waals surface area contributed by atoms with Crippen molar-refractivity contribution in [2.45, 2.75) is 52.1 Å². The number of aromatic nitrogens is 1. The van der Waals surface area contributed by atoms with Crippen molar-refractivity contribution < 1.29 is 14.7 Å². The molecule has 1 N–H and O–H groups in total. The number of benzene rings is 2. The summed E-state index contributed by atoms with van der Waals surface area (Å²) in [7, 11) is 0. The van der Waals surface area contributed by atoms with E-state index in [2.05, 4.69) is 23.7 Å². The SMILES string of the molecule is CCN(CC)c1ccc(C2/C(=C(/O)c3ccc4c(c3)CCCC4)C(=O)C(=O)N2Cc2cccnc2)cc1. The molecule has 1 unspecified atom stereocenters. The Kier molecular flexibility index (Phi) is 7.08. The number of hydrogen-bond donors (Lipinski definition) is 1. The first kappa shape index (κ1) is 24.8. The van der Waals surface area contributed by atoms with Crippen molar-refractivity contribution in [3.05, 3.63) is 100 Å². The fraction of sp³-hybridized carbons (Fsp3) is 0.323. The number of aryl methyl sites for hydroxylation is 2. The first-order valence-corrected chi connectivity index (χ1v) is 13.2. The van der Waals surface area contributed by atoms with E-state index in [0.717, 1.165) is 49.2 Å². The molecule has 0 saturated carbocycles. The number of pyridine rings is 1. The van der Waals surface area contributed by atoms with Gasteiger partial charge in [0.25, 0.3) is 11.7 Å². The maximum absolute atomic E-state index is 13.4. The van der Waals surface area contributed by atoms with Gasteiger partial charge < -0.3 is 14.9 Å². The number of anilines is 1. The van der Waals surface area contributed by atoms with Gasteiger partial charge in [0.2, 0.25) is 0 Å². The van der Waals surface area contributed by atoms with Crippen molar-refractivity contribution in [3.8, 4) is 0 Å². The highest BCUT2D eigenvalue weighted by atomic mass is 16.3. The van der Waals surface area contributed by atoms with Crippen LogP contribution in [-0.4, -0.2) is 39.8 Å². The second kappa shape index (κ2) is 10.6. The van der Waals surface area contributed by atoms with Gasteiger partial charge in [-0.15, -0.1) is 0 Å². The van der Waals surface area contributed by atoms with Crippen LogP contribution in [0.3, 0.4) is 0 Å². The van der Waals surface area contributed by atoms with Gasteiger partial charge >= 0.3 is 0 Å². The fourth-order valence-electron chi connectivity index (χ4n) is 5.57. The summed E-state index contributed by atoms with van der Waals surface area (Å²) in [5, 5.41) is 11.5. The average molecular weight is 496 g/mol. The minimum absolute atomic E-state index is 0.113. The number of carbonyl (C=O) groups excluding carboxylic acids is 2. The van der Waals surface area contributed by atoms with Crippen LogP contribution in [-0.2, 0) is 29.0 Å². The molecule has 0 spiro atoms. The van der Waals surface area contributed by atoms with Crippen LogP contribution in [0.25, 0.3) is 5.76 Å². The van der Waals surface area contributed by atoms with E-state index in [4.69, 9.17) is 0 Å². The molecular formula is C31H33N3O3. The molecule has 1 aliphatic carbocycles. The molecule has 1 aliphatic heterocycles. The smallest absolute Gasteiger partial charge is 0.295 e. The number of nitrogens with zero attached hydrogens (tertiary/aromatic N) is 3. The van der Waals surface area contributed by atoms with Crippen molar-refractivity contribution >= 4 is 23.1 Å². The van der Waals surface area contributed by atoms with Gasteiger partial charge in [-0.05, 0) is 86.1 Å². The zero-order valence-electron chi connectivity index (χ0n) is 21.5. The van der Waals surface area contributed by atoms with Crippen molar-refractivity contribution in [1.82, 2.24) is 9.88 Å². The lowest BCUT2D eigenvalue weighted by molar-refractivity contribution is -0.140. The Morgan fingerprint density at radius 1 is 1.00 bits per heavy atom. The second-order valence-corrected chi connectivity index (χ2v) is 9.74. The number of Topliss-reactive ketones (excluding diaryl/α,β-unsaturated/α-hetero) is 1. The summed E-state index contributed by atoms with van der Waals surface area (Å²) in [6.07, 6.45) is 7.65. The van der Waals surface area contributed by atoms with E-state index in [9.17, 15) is 14.7 Å². The number of likely N-dealkylation sites (tertiary alicyclic amines) is 1. The molecule has 0 bridgehead atoms. The minimum Gasteiger partial charge on any atom is -0.507 e. The lowest BCUT2D eigenvalue weighted by Crippen LogP contribution is -2.29. The molecule has 6 heteroatoms. The van der Waals surface area contributed by atoms with Gasteiger partial charge in [0.1, 0.15) is 5.76 Å². The van der Waals surface area contributed by atoms with Crippen molar-refractivity contribution in [3.63, 3.8) is 0 Å². The van der Waals surface area contributed by atoms with Crippen molar-refractivity contribution in [1.29, 1.82) is 0 Å². The molecule has 5 rings (SSSR count). The number of fused-ring (bicyclic) bond motifs is 1. The zero-order valence-corrected chi connectivity index (χ0v) is 21.5. The molecule has 2 aromatic carbocycles. The van der Waals surface area contributed by atoms with Crippen LogP contribution in [0.2, 0.25) is 0 Å². The van der Waals surface area contributed by atoms with Crippen LogP contribution >= 0.6 is 0 Å². The van der Waals surface area contributed by atoms with Gasteiger partial charge in [-0.1, -0.05) is 30.3 Å². The quantitative estimate of drug-likeness (QED) is 0.269. The molecule has 0 radical (unpaired) electrons. The topological polar surface area (TPSA) is 73.7 Å². The lowest BCUT2D eigenvalue weighted by atomic mass is 9.88. The molecule has 3 aromatic rings. The summed E-state index contributed by atoms with van der Waals surface area (Å²) < 4.78 is 0. The predicted octanol–water partition coefficient (Wildman–Crippen LogP) is 5.43. The zero-order chi connectivity index (χ0) is 25.9. The van der Waals surface area contributed by atoms with Gasteiger partial charge in [-0.2, -0.15) is 0 Å². The van der Waals surface area contributed by atoms with Crippen LogP contribution < -0.4 is 4.90 Å². The predicted molar refractivity (Wildman–Crippen MR) is 145 cm³/mol.